The largest absolute Gasteiger partial charge is 0.497 e. The molecule has 0 saturated carbocycles. The third kappa shape index (κ3) is 3.23. The summed E-state index contributed by atoms with van der Waals surface area (Å²) in [5, 5.41) is 5.58. The fraction of sp³-hybridized carbons (Fsp3) is 0.231. The van der Waals surface area contributed by atoms with Crippen molar-refractivity contribution in [3.8, 4) is 5.75 Å². The van der Waals surface area contributed by atoms with Crippen LogP contribution < -0.4 is 10.1 Å². The first-order valence-electron chi connectivity index (χ1n) is 5.62. The standard InChI is InChI=1S/C13H14N2O3S/c1-17-10-5-3-4-9(8-10)15-11(13(16)18-2)12-14-6-7-19-12/h3-8,11,15H,1-2H3. The van der Waals surface area contributed by atoms with Crippen LogP contribution in [-0.2, 0) is 9.53 Å². The summed E-state index contributed by atoms with van der Waals surface area (Å²) in [6, 6.07) is 6.73. The molecule has 6 heteroatoms. The molecule has 1 heterocycles. The predicted octanol–water partition coefficient (Wildman–Crippen LogP) is 2.48. The number of nitrogens with one attached hydrogen (secondary N) is 1. The molecule has 0 bridgehead atoms. The lowest BCUT2D eigenvalue weighted by Gasteiger charge is -2.15. The van der Waals surface area contributed by atoms with E-state index in [9.17, 15) is 4.79 Å². The molecule has 0 saturated heterocycles. The summed E-state index contributed by atoms with van der Waals surface area (Å²) >= 11 is 1.40. The number of benzene rings is 1. The Labute approximate surface area is 115 Å². The molecule has 0 aliphatic heterocycles. The molecule has 2 rings (SSSR count). The zero-order valence-electron chi connectivity index (χ0n) is 10.6. The van der Waals surface area contributed by atoms with Crippen molar-refractivity contribution in [2.75, 3.05) is 19.5 Å². The van der Waals surface area contributed by atoms with Crippen molar-refractivity contribution >= 4 is 23.0 Å². The van der Waals surface area contributed by atoms with E-state index in [-0.39, 0.29) is 5.97 Å². The summed E-state index contributed by atoms with van der Waals surface area (Å²) in [6.07, 6.45) is 1.66. The van der Waals surface area contributed by atoms with E-state index in [2.05, 4.69) is 10.3 Å². The van der Waals surface area contributed by atoms with E-state index in [1.54, 1.807) is 13.3 Å². The monoisotopic (exact) mass is 278 g/mol. The highest BCUT2D eigenvalue weighted by molar-refractivity contribution is 7.09. The SMILES string of the molecule is COC(=O)C(Nc1cccc(OC)c1)c1nccs1. The molecule has 0 fully saturated rings. The summed E-state index contributed by atoms with van der Waals surface area (Å²) in [5.41, 5.74) is 0.768. The van der Waals surface area contributed by atoms with Gasteiger partial charge < -0.3 is 14.8 Å². The number of hydrogen-bond acceptors (Lipinski definition) is 6. The van der Waals surface area contributed by atoms with Crippen molar-refractivity contribution < 1.29 is 14.3 Å². The van der Waals surface area contributed by atoms with Gasteiger partial charge in [-0.2, -0.15) is 0 Å². The number of carbonyl (C=O) groups excluding carboxylic acids is 1. The van der Waals surface area contributed by atoms with Crippen molar-refractivity contribution in [1.29, 1.82) is 0 Å². The maximum absolute atomic E-state index is 11.8. The van der Waals surface area contributed by atoms with Gasteiger partial charge in [0.05, 0.1) is 14.2 Å². The number of anilines is 1. The van der Waals surface area contributed by atoms with E-state index in [1.165, 1.54) is 18.4 Å². The van der Waals surface area contributed by atoms with Crippen LogP contribution in [0.4, 0.5) is 5.69 Å². The van der Waals surface area contributed by atoms with Gasteiger partial charge in [-0.05, 0) is 12.1 Å². The smallest absolute Gasteiger partial charge is 0.335 e. The molecule has 2 aromatic rings. The van der Waals surface area contributed by atoms with Gasteiger partial charge in [-0.3, -0.25) is 0 Å². The summed E-state index contributed by atoms with van der Waals surface area (Å²) in [7, 11) is 2.95. The molecule has 0 aliphatic carbocycles. The normalized spacial score (nSPS) is 11.7. The van der Waals surface area contributed by atoms with Gasteiger partial charge in [-0.1, -0.05) is 6.07 Å². The lowest BCUT2D eigenvalue weighted by molar-refractivity contribution is -0.141. The average Bonchev–Trinajstić information content (AvgIpc) is 2.98. The van der Waals surface area contributed by atoms with Gasteiger partial charge in [0.1, 0.15) is 10.8 Å². The van der Waals surface area contributed by atoms with Gasteiger partial charge >= 0.3 is 5.97 Å². The number of nitrogens with zero attached hydrogens (tertiary/aromatic N) is 1. The maximum atomic E-state index is 11.8. The lowest BCUT2D eigenvalue weighted by atomic mass is 10.2. The number of rotatable bonds is 5. The zero-order valence-corrected chi connectivity index (χ0v) is 11.4. The fourth-order valence-corrected chi connectivity index (χ4v) is 2.27. The second kappa shape index (κ2) is 6.19. The quantitative estimate of drug-likeness (QED) is 0.851. The number of ether oxygens (including phenoxy) is 2. The van der Waals surface area contributed by atoms with Crippen LogP contribution in [0.15, 0.2) is 35.8 Å². The Morgan fingerprint density at radius 2 is 2.26 bits per heavy atom. The molecule has 1 aromatic carbocycles. The highest BCUT2D eigenvalue weighted by Crippen LogP contribution is 2.24. The molecule has 1 unspecified atom stereocenters. The number of aromatic nitrogens is 1. The van der Waals surface area contributed by atoms with Gasteiger partial charge in [0.15, 0.2) is 6.04 Å². The Morgan fingerprint density at radius 3 is 2.89 bits per heavy atom. The second-order valence-electron chi connectivity index (χ2n) is 3.70. The minimum absolute atomic E-state index is 0.377. The minimum atomic E-state index is -0.614. The Balaban J connectivity index is 2.22. The molecular formula is C13H14N2O3S. The Kier molecular flexibility index (Phi) is 4.35. The second-order valence-corrected chi connectivity index (χ2v) is 4.63. The molecular weight excluding hydrogens is 264 g/mol. The molecule has 19 heavy (non-hydrogen) atoms. The molecule has 1 aromatic heterocycles. The van der Waals surface area contributed by atoms with Crippen LogP contribution in [0.25, 0.3) is 0 Å². The van der Waals surface area contributed by atoms with Crippen molar-refractivity contribution in [3.05, 3.63) is 40.8 Å². The van der Waals surface area contributed by atoms with Gasteiger partial charge in [-0.25, -0.2) is 9.78 Å². The van der Waals surface area contributed by atoms with Crippen molar-refractivity contribution in [3.63, 3.8) is 0 Å². The molecule has 1 N–H and O–H groups in total. The topological polar surface area (TPSA) is 60.5 Å². The van der Waals surface area contributed by atoms with Gasteiger partial charge in [0.2, 0.25) is 0 Å². The van der Waals surface area contributed by atoms with E-state index in [1.807, 2.05) is 29.6 Å². The highest BCUT2D eigenvalue weighted by Gasteiger charge is 2.23. The number of hydrogen-bond donors (Lipinski definition) is 1. The van der Waals surface area contributed by atoms with E-state index < -0.39 is 6.04 Å². The van der Waals surface area contributed by atoms with Crippen LogP contribution in [0.1, 0.15) is 11.0 Å². The minimum Gasteiger partial charge on any atom is -0.497 e. The molecule has 5 nitrogen and oxygen atoms in total. The molecule has 100 valence electrons. The Hall–Kier alpha value is -2.08. The molecule has 0 spiro atoms. The Bertz CT molecular complexity index is 543. The van der Waals surface area contributed by atoms with Crippen LogP contribution in [0.2, 0.25) is 0 Å². The summed E-state index contributed by atoms with van der Waals surface area (Å²) in [6.45, 7) is 0. The van der Waals surface area contributed by atoms with E-state index >= 15 is 0 Å². The first kappa shape index (κ1) is 13.4. The van der Waals surface area contributed by atoms with E-state index in [4.69, 9.17) is 9.47 Å². The van der Waals surface area contributed by atoms with Crippen molar-refractivity contribution in [1.82, 2.24) is 4.98 Å². The summed E-state index contributed by atoms with van der Waals surface area (Å²) in [5.74, 6) is 0.338. The van der Waals surface area contributed by atoms with Crippen molar-refractivity contribution in [2.24, 2.45) is 0 Å². The van der Waals surface area contributed by atoms with E-state index in [0.29, 0.717) is 10.8 Å². The van der Waals surface area contributed by atoms with Gasteiger partial charge in [0.25, 0.3) is 0 Å². The highest BCUT2D eigenvalue weighted by atomic mass is 32.1. The first-order valence-corrected chi connectivity index (χ1v) is 6.50. The molecule has 0 radical (unpaired) electrons. The van der Waals surface area contributed by atoms with Gasteiger partial charge in [0, 0.05) is 23.3 Å². The molecule has 1 atom stereocenters. The third-order valence-corrected chi connectivity index (χ3v) is 3.36. The average molecular weight is 278 g/mol. The van der Waals surface area contributed by atoms with Crippen LogP contribution in [-0.4, -0.2) is 25.2 Å². The summed E-state index contributed by atoms with van der Waals surface area (Å²) in [4.78, 5) is 16.0. The number of carbonyl (C=O) groups is 1. The van der Waals surface area contributed by atoms with E-state index in [0.717, 1.165) is 5.69 Å². The first-order chi connectivity index (χ1) is 9.24. The lowest BCUT2D eigenvalue weighted by Crippen LogP contribution is -2.22. The fourth-order valence-electron chi connectivity index (χ4n) is 1.60. The van der Waals surface area contributed by atoms with Crippen LogP contribution in [0, 0.1) is 0 Å². The van der Waals surface area contributed by atoms with Crippen LogP contribution >= 0.6 is 11.3 Å². The zero-order chi connectivity index (χ0) is 13.7. The Morgan fingerprint density at radius 1 is 1.42 bits per heavy atom. The number of esters is 1. The van der Waals surface area contributed by atoms with Crippen LogP contribution in [0.3, 0.4) is 0 Å². The van der Waals surface area contributed by atoms with Gasteiger partial charge in [-0.15, -0.1) is 11.3 Å². The third-order valence-electron chi connectivity index (χ3n) is 2.52. The molecule has 0 aliphatic rings. The maximum Gasteiger partial charge on any atom is 0.335 e. The van der Waals surface area contributed by atoms with Crippen molar-refractivity contribution in [2.45, 2.75) is 6.04 Å². The van der Waals surface area contributed by atoms with Crippen LogP contribution in [0.5, 0.6) is 5.75 Å². The summed E-state index contributed by atoms with van der Waals surface area (Å²) < 4.78 is 9.94. The number of thiazole rings is 1. The molecule has 0 amide bonds. The number of methoxy groups -OCH3 is 2. The predicted molar refractivity (Wildman–Crippen MR) is 73.5 cm³/mol.